The molecule has 0 fully saturated rings. The SMILES string of the molecule is Cn1cc(-c2ccncc2)c(-c2ccc(F)cc2)c1-c1ncco1. The smallest absolute Gasteiger partial charge is 0.243 e. The number of oxazole rings is 1. The highest BCUT2D eigenvalue weighted by atomic mass is 19.1. The molecule has 4 nitrogen and oxygen atoms in total. The van der Waals surface area contributed by atoms with Crippen LogP contribution in [0.4, 0.5) is 4.39 Å². The molecular weight excluding hydrogens is 305 g/mol. The van der Waals surface area contributed by atoms with Gasteiger partial charge in [-0.25, -0.2) is 9.37 Å². The van der Waals surface area contributed by atoms with E-state index >= 15 is 0 Å². The number of halogens is 1. The molecule has 4 rings (SSSR count). The van der Waals surface area contributed by atoms with Gasteiger partial charge in [0.1, 0.15) is 17.8 Å². The third kappa shape index (κ3) is 2.40. The van der Waals surface area contributed by atoms with Crippen LogP contribution in [0.2, 0.25) is 0 Å². The third-order valence-electron chi connectivity index (χ3n) is 3.94. The molecule has 0 spiro atoms. The molecule has 3 heterocycles. The first-order valence-electron chi connectivity index (χ1n) is 7.49. The standard InChI is InChI=1S/C19H14FN3O/c1-23-12-16(13-6-8-21-9-7-13)17(14-2-4-15(20)5-3-14)18(23)19-22-10-11-24-19/h2-12H,1H3. The normalized spacial score (nSPS) is 10.9. The van der Waals surface area contributed by atoms with Gasteiger partial charge in [-0.3, -0.25) is 4.98 Å². The Bertz CT molecular complexity index is 958. The molecule has 0 aliphatic heterocycles. The van der Waals surface area contributed by atoms with E-state index < -0.39 is 0 Å². The van der Waals surface area contributed by atoms with Crippen molar-refractivity contribution in [3.63, 3.8) is 0 Å². The van der Waals surface area contributed by atoms with E-state index in [1.165, 1.54) is 12.1 Å². The summed E-state index contributed by atoms with van der Waals surface area (Å²) in [5.74, 6) is 0.259. The van der Waals surface area contributed by atoms with Crippen molar-refractivity contribution in [2.45, 2.75) is 0 Å². The molecule has 0 amide bonds. The molecule has 0 unspecified atom stereocenters. The molecule has 118 valence electrons. The number of hydrogen-bond acceptors (Lipinski definition) is 3. The monoisotopic (exact) mass is 319 g/mol. The Morgan fingerprint density at radius 1 is 0.958 bits per heavy atom. The van der Waals surface area contributed by atoms with Crippen molar-refractivity contribution >= 4 is 0 Å². The van der Waals surface area contributed by atoms with Gasteiger partial charge in [-0.15, -0.1) is 0 Å². The Morgan fingerprint density at radius 2 is 1.71 bits per heavy atom. The van der Waals surface area contributed by atoms with Crippen molar-refractivity contribution in [2.75, 3.05) is 0 Å². The van der Waals surface area contributed by atoms with E-state index in [0.717, 1.165) is 27.9 Å². The lowest BCUT2D eigenvalue weighted by atomic mass is 9.97. The molecule has 0 aliphatic rings. The summed E-state index contributed by atoms with van der Waals surface area (Å²) >= 11 is 0. The van der Waals surface area contributed by atoms with E-state index in [2.05, 4.69) is 9.97 Å². The van der Waals surface area contributed by atoms with Crippen LogP contribution in [0.5, 0.6) is 0 Å². The highest BCUT2D eigenvalue weighted by Crippen LogP contribution is 2.40. The maximum absolute atomic E-state index is 13.4. The highest BCUT2D eigenvalue weighted by Gasteiger charge is 2.21. The zero-order valence-electron chi connectivity index (χ0n) is 13.0. The fourth-order valence-corrected chi connectivity index (χ4v) is 2.88. The van der Waals surface area contributed by atoms with Crippen LogP contribution >= 0.6 is 0 Å². The van der Waals surface area contributed by atoms with Gasteiger partial charge in [0.15, 0.2) is 0 Å². The molecule has 1 aromatic carbocycles. The van der Waals surface area contributed by atoms with Crippen LogP contribution in [0.1, 0.15) is 0 Å². The number of aryl methyl sites for hydroxylation is 1. The number of benzene rings is 1. The van der Waals surface area contributed by atoms with Crippen molar-refractivity contribution in [3.05, 3.63) is 73.3 Å². The molecule has 3 aromatic heterocycles. The first-order valence-corrected chi connectivity index (χ1v) is 7.49. The number of pyridine rings is 1. The first-order chi connectivity index (χ1) is 11.7. The molecular formula is C19H14FN3O. The van der Waals surface area contributed by atoms with Gasteiger partial charge in [0.2, 0.25) is 5.89 Å². The van der Waals surface area contributed by atoms with Gasteiger partial charge < -0.3 is 8.98 Å². The number of nitrogens with zero attached hydrogens (tertiary/aromatic N) is 3. The number of aromatic nitrogens is 3. The lowest BCUT2D eigenvalue weighted by Gasteiger charge is -2.07. The fraction of sp³-hybridized carbons (Fsp3) is 0.0526. The van der Waals surface area contributed by atoms with Crippen LogP contribution in [0.3, 0.4) is 0 Å². The first kappa shape index (κ1) is 14.4. The minimum atomic E-state index is -0.266. The van der Waals surface area contributed by atoms with Crippen molar-refractivity contribution in [3.8, 4) is 33.8 Å². The second-order valence-electron chi connectivity index (χ2n) is 5.46. The minimum absolute atomic E-state index is 0.266. The molecule has 0 atom stereocenters. The topological polar surface area (TPSA) is 43.9 Å². The molecule has 0 aliphatic carbocycles. The number of rotatable bonds is 3. The predicted octanol–water partition coefficient (Wildman–Crippen LogP) is 4.55. The summed E-state index contributed by atoms with van der Waals surface area (Å²) in [6, 6.07) is 10.3. The Hall–Kier alpha value is -3.21. The summed E-state index contributed by atoms with van der Waals surface area (Å²) in [5.41, 5.74) is 4.74. The maximum Gasteiger partial charge on any atom is 0.243 e. The molecule has 0 N–H and O–H groups in total. The summed E-state index contributed by atoms with van der Waals surface area (Å²) in [6.07, 6.45) is 8.68. The molecule has 5 heteroatoms. The summed E-state index contributed by atoms with van der Waals surface area (Å²) in [7, 11) is 1.94. The second-order valence-corrected chi connectivity index (χ2v) is 5.46. The minimum Gasteiger partial charge on any atom is -0.443 e. The van der Waals surface area contributed by atoms with Gasteiger partial charge in [0.25, 0.3) is 0 Å². The van der Waals surface area contributed by atoms with Gasteiger partial charge >= 0.3 is 0 Å². The molecule has 0 radical (unpaired) electrons. The van der Waals surface area contributed by atoms with Crippen LogP contribution in [-0.4, -0.2) is 14.5 Å². The van der Waals surface area contributed by atoms with Crippen molar-refractivity contribution in [1.29, 1.82) is 0 Å². The van der Waals surface area contributed by atoms with E-state index in [-0.39, 0.29) is 5.82 Å². The lowest BCUT2D eigenvalue weighted by Crippen LogP contribution is -1.91. The number of hydrogen-bond donors (Lipinski definition) is 0. The van der Waals surface area contributed by atoms with E-state index in [9.17, 15) is 4.39 Å². The van der Waals surface area contributed by atoms with E-state index in [0.29, 0.717) is 5.89 Å². The van der Waals surface area contributed by atoms with Crippen molar-refractivity contribution in [2.24, 2.45) is 7.05 Å². The zero-order valence-corrected chi connectivity index (χ0v) is 13.0. The average molecular weight is 319 g/mol. The zero-order chi connectivity index (χ0) is 16.5. The van der Waals surface area contributed by atoms with Gasteiger partial charge in [-0.1, -0.05) is 12.1 Å². The highest BCUT2D eigenvalue weighted by molar-refractivity contribution is 5.92. The van der Waals surface area contributed by atoms with Gasteiger partial charge in [0, 0.05) is 36.8 Å². The lowest BCUT2D eigenvalue weighted by molar-refractivity contribution is 0.569. The molecule has 24 heavy (non-hydrogen) atoms. The third-order valence-corrected chi connectivity index (χ3v) is 3.94. The van der Waals surface area contributed by atoms with Crippen LogP contribution in [0.25, 0.3) is 33.8 Å². The van der Waals surface area contributed by atoms with Crippen LogP contribution in [-0.2, 0) is 7.05 Å². The van der Waals surface area contributed by atoms with Crippen LogP contribution in [0, 0.1) is 5.82 Å². The Balaban J connectivity index is 2.02. The van der Waals surface area contributed by atoms with Crippen LogP contribution in [0.15, 0.2) is 71.9 Å². The Labute approximate surface area is 138 Å². The summed E-state index contributed by atoms with van der Waals surface area (Å²) in [6.45, 7) is 0. The van der Waals surface area contributed by atoms with Crippen molar-refractivity contribution in [1.82, 2.24) is 14.5 Å². The molecule has 0 bridgehead atoms. The van der Waals surface area contributed by atoms with Gasteiger partial charge in [0.05, 0.1) is 6.20 Å². The average Bonchev–Trinajstić information content (AvgIpc) is 3.24. The van der Waals surface area contributed by atoms with Crippen LogP contribution < -0.4 is 0 Å². The van der Waals surface area contributed by atoms with E-state index in [4.69, 9.17) is 4.42 Å². The quantitative estimate of drug-likeness (QED) is 0.556. The summed E-state index contributed by atoms with van der Waals surface area (Å²) in [4.78, 5) is 8.36. The van der Waals surface area contributed by atoms with E-state index in [1.807, 2.05) is 29.9 Å². The second kappa shape index (κ2) is 5.77. The molecule has 4 aromatic rings. The Kier molecular flexibility index (Phi) is 3.46. The fourth-order valence-electron chi connectivity index (χ4n) is 2.88. The molecule has 0 saturated heterocycles. The van der Waals surface area contributed by atoms with Crippen molar-refractivity contribution < 1.29 is 8.81 Å². The maximum atomic E-state index is 13.4. The van der Waals surface area contributed by atoms with E-state index in [1.54, 1.807) is 37.0 Å². The summed E-state index contributed by atoms with van der Waals surface area (Å²) in [5, 5.41) is 0. The largest absolute Gasteiger partial charge is 0.443 e. The Morgan fingerprint density at radius 3 is 2.38 bits per heavy atom. The summed E-state index contributed by atoms with van der Waals surface area (Å²) < 4.78 is 20.9. The van der Waals surface area contributed by atoms with Gasteiger partial charge in [-0.2, -0.15) is 0 Å². The predicted molar refractivity (Wildman–Crippen MR) is 89.5 cm³/mol. The molecule has 0 saturated carbocycles. The van der Waals surface area contributed by atoms with Gasteiger partial charge in [-0.05, 0) is 35.4 Å².